The molecule has 0 aliphatic rings. The molecule has 0 saturated carbocycles. The predicted molar refractivity (Wildman–Crippen MR) is 51.9 cm³/mol. The number of halogens is 3. The first-order chi connectivity index (χ1) is 7.50. The average Bonchev–Trinajstić information content (AvgIpc) is 2.19. The number of carboxylic acid groups (broad SMARTS) is 1. The summed E-state index contributed by atoms with van der Waals surface area (Å²) in [6.07, 6.45) is -3.68. The van der Waals surface area contributed by atoms with Gasteiger partial charge in [-0.15, -0.1) is 0 Å². The Morgan fingerprint density at radius 1 is 1.31 bits per heavy atom. The molecule has 1 unspecified atom stereocenters. The Kier molecular flexibility index (Phi) is 4.34. The van der Waals surface area contributed by atoms with Gasteiger partial charge in [-0.25, -0.2) is 13.2 Å². The molecule has 1 N–H and O–H groups in total. The lowest BCUT2D eigenvalue weighted by Gasteiger charge is -2.12. The van der Waals surface area contributed by atoms with Gasteiger partial charge in [-0.3, -0.25) is 4.79 Å². The third-order valence-electron chi connectivity index (χ3n) is 2.24. The van der Waals surface area contributed by atoms with E-state index >= 15 is 0 Å². The summed E-state index contributed by atoms with van der Waals surface area (Å²) in [6.45, 7) is 0. The number of hydrogen-bond acceptors (Lipinski definition) is 1. The first-order valence-electron chi connectivity index (χ1n) is 4.75. The molecule has 0 spiro atoms. The fraction of sp³-hybridized carbons (Fsp3) is 0.364. The highest BCUT2D eigenvalue weighted by Gasteiger charge is 2.23. The van der Waals surface area contributed by atoms with Gasteiger partial charge < -0.3 is 5.11 Å². The van der Waals surface area contributed by atoms with Crippen LogP contribution in [0.25, 0.3) is 0 Å². The summed E-state index contributed by atoms with van der Waals surface area (Å²) in [6, 6.07) is 5.58. The van der Waals surface area contributed by atoms with E-state index < -0.39 is 30.6 Å². The Balaban J connectivity index is 2.76. The molecule has 5 heteroatoms. The lowest BCUT2D eigenvalue weighted by molar-refractivity contribution is -0.143. The van der Waals surface area contributed by atoms with Crippen molar-refractivity contribution in [2.75, 3.05) is 0 Å². The predicted octanol–water partition coefficient (Wildman–Crippen LogP) is 2.72. The van der Waals surface area contributed by atoms with Crippen LogP contribution in [0.2, 0.25) is 0 Å². The fourth-order valence-electron chi connectivity index (χ4n) is 1.42. The van der Waals surface area contributed by atoms with Crippen LogP contribution in [0.5, 0.6) is 0 Å². The van der Waals surface area contributed by atoms with Gasteiger partial charge in [0.2, 0.25) is 6.43 Å². The summed E-state index contributed by atoms with van der Waals surface area (Å²) >= 11 is 0. The summed E-state index contributed by atoms with van der Waals surface area (Å²) in [7, 11) is 0. The Morgan fingerprint density at radius 2 is 1.94 bits per heavy atom. The Hall–Kier alpha value is -1.52. The largest absolute Gasteiger partial charge is 0.481 e. The number of hydrogen-bond donors (Lipinski definition) is 1. The van der Waals surface area contributed by atoms with Crippen molar-refractivity contribution in [1.29, 1.82) is 0 Å². The van der Waals surface area contributed by atoms with Crippen molar-refractivity contribution in [1.82, 2.24) is 0 Å². The zero-order valence-corrected chi connectivity index (χ0v) is 8.37. The average molecular weight is 232 g/mol. The van der Waals surface area contributed by atoms with Crippen LogP contribution in [0, 0.1) is 11.7 Å². The summed E-state index contributed by atoms with van der Waals surface area (Å²) in [4.78, 5) is 10.7. The van der Waals surface area contributed by atoms with Crippen LogP contribution in [0.3, 0.4) is 0 Å². The van der Waals surface area contributed by atoms with Gasteiger partial charge in [0.1, 0.15) is 5.82 Å². The second-order valence-electron chi connectivity index (χ2n) is 3.46. The molecule has 1 rings (SSSR count). The maximum Gasteiger partial charge on any atom is 0.307 e. The van der Waals surface area contributed by atoms with Gasteiger partial charge >= 0.3 is 5.97 Å². The highest BCUT2D eigenvalue weighted by Crippen LogP contribution is 2.18. The van der Waals surface area contributed by atoms with Gasteiger partial charge in [-0.05, 0) is 18.1 Å². The standard InChI is InChI=1S/C11H11F3O2/c12-9-4-2-1-3-7(9)5-8(11(15)16)6-10(13)14/h1-4,8,10H,5-6H2,(H,15,16). The van der Waals surface area contributed by atoms with E-state index in [0.29, 0.717) is 0 Å². The van der Waals surface area contributed by atoms with Crippen LogP contribution in [-0.2, 0) is 11.2 Å². The SMILES string of the molecule is O=C(O)C(Cc1ccccc1F)CC(F)F. The molecule has 88 valence electrons. The Bertz CT molecular complexity index is 366. The van der Waals surface area contributed by atoms with E-state index in [2.05, 4.69) is 0 Å². The quantitative estimate of drug-likeness (QED) is 0.847. The normalized spacial score (nSPS) is 12.8. The topological polar surface area (TPSA) is 37.3 Å². The van der Waals surface area contributed by atoms with E-state index in [0.717, 1.165) is 0 Å². The smallest absolute Gasteiger partial charge is 0.307 e. The fourth-order valence-corrected chi connectivity index (χ4v) is 1.42. The number of alkyl halides is 2. The van der Waals surface area contributed by atoms with E-state index in [-0.39, 0.29) is 12.0 Å². The summed E-state index contributed by atoms with van der Waals surface area (Å²) in [5.74, 6) is -3.15. The molecule has 0 fully saturated rings. The number of rotatable bonds is 5. The van der Waals surface area contributed by atoms with Crippen molar-refractivity contribution in [2.24, 2.45) is 5.92 Å². The minimum absolute atomic E-state index is 0.149. The summed E-state index contributed by atoms with van der Waals surface area (Å²) < 4.78 is 37.4. The maximum absolute atomic E-state index is 13.2. The zero-order chi connectivity index (χ0) is 12.1. The summed E-state index contributed by atoms with van der Waals surface area (Å²) in [5, 5.41) is 8.72. The van der Waals surface area contributed by atoms with E-state index in [1.54, 1.807) is 6.07 Å². The van der Waals surface area contributed by atoms with E-state index in [9.17, 15) is 18.0 Å². The van der Waals surface area contributed by atoms with Crippen molar-refractivity contribution < 1.29 is 23.1 Å². The molecule has 0 aliphatic heterocycles. The van der Waals surface area contributed by atoms with Gasteiger partial charge in [-0.2, -0.15) is 0 Å². The third-order valence-corrected chi connectivity index (χ3v) is 2.24. The number of benzene rings is 1. The monoisotopic (exact) mass is 232 g/mol. The third kappa shape index (κ3) is 3.56. The Labute approximate surface area is 90.7 Å². The lowest BCUT2D eigenvalue weighted by Crippen LogP contribution is -2.19. The molecule has 1 atom stereocenters. The maximum atomic E-state index is 13.2. The molecule has 2 nitrogen and oxygen atoms in total. The van der Waals surface area contributed by atoms with Gasteiger partial charge in [0.25, 0.3) is 0 Å². The molecule has 1 aromatic rings. The number of carbonyl (C=O) groups is 1. The number of carboxylic acids is 1. The molecule has 0 radical (unpaired) electrons. The van der Waals surface area contributed by atoms with Crippen LogP contribution in [0.4, 0.5) is 13.2 Å². The van der Waals surface area contributed by atoms with Gasteiger partial charge in [0.15, 0.2) is 0 Å². The van der Waals surface area contributed by atoms with Crippen molar-refractivity contribution >= 4 is 5.97 Å². The molecule has 0 saturated heterocycles. The van der Waals surface area contributed by atoms with Crippen LogP contribution in [0.15, 0.2) is 24.3 Å². The molecular weight excluding hydrogens is 221 g/mol. The van der Waals surface area contributed by atoms with Crippen LogP contribution in [0.1, 0.15) is 12.0 Å². The summed E-state index contributed by atoms with van der Waals surface area (Å²) in [5.41, 5.74) is 0.149. The van der Waals surface area contributed by atoms with Crippen molar-refractivity contribution in [3.8, 4) is 0 Å². The highest BCUT2D eigenvalue weighted by atomic mass is 19.3. The zero-order valence-electron chi connectivity index (χ0n) is 8.37. The highest BCUT2D eigenvalue weighted by molar-refractivity contribution is 5.70. The van der Waals surface area contributed by atoms with Gasteiger partial charge in [0, 0.05) is 6.42 Å². The van der Waals surface area contributed by atoms with Crippen LogP contribution in [-0.4, -0.2) is 17.5 Å². The van der Waals surface area contributed by atoms with Crippen molar-refractivity contribution in [3.63, 3.8) is 0 Å². The minimum atomic E-state index is -2.70. The first-order valence-corrected chi connectivity index (χ1v) is 4.75. The van der Waals surface area contributed by atoms with Gasteiger partial charge in [-0.1, -0.05) is 18.2 Å². The molecule has 16 heavy (non-hydrogen) atoms. The second kappa shape index (κ2) is 5.53. The van der Waals surface area contributed by atoms with Crippen LogP contribution < -0.4 is 0 Å². The second-order valence-corrected chi connectivity index (χ2v) is 3.46. The minimum Gasteiger partial charge on any atom is -0.481 e. The lowest BCUT2D eigenvalue weighted by atomic mass is 9.96. The van der Waals surface area contributed by atoms with E-state index in [4.69, 9.17) is 5.11 Å². The molecule has 0 aromatic heterocycles. The molecule has 0 bridgehead atoms. The first kappa shape index (κ1) is 12.5. The molecule has 1 aromatic carbocycles. The van der Waals surface area contributed by atoms with Crippen molar-refractivity contribution in [3.05, 3.63) is 35.6 Å². The molecule has 0 amide bonds. The Morgan fingerprint density at radius 3 is 2.44 bits per heavy atom. The van der Waals surface area contributed by atoms with Crippen molar-refractivity contribution in [2.45, 2.75) is 19.3 Å². The van der Waals surface area contributed by atoms with E-state index in [1.165, 1.54) is 18.2 Å². The number of aliphatic carboxylic acids is 1. The molecular formula is C11H11F3O2. The molecule has 0 aliphatic carbocycles. The van der Waals surface area contributed by atoms with Crippen LogP contribution >= 0.6 is 0 Å². The molecule has 0 heterocycles. The van der Waals surface area contributed by atoms with E-state index in [1.807, 2.05) is 0 Å². The van der Waals surface area contributed by atoms with Gasteiger partial charge in [0.05, 0.1) is 5.92 Å².